The second kappa shape index (κ2) is 5.80. The molecule has 0 saturated carbocycles. The fourth-order valence-electron chi connectivity index (χ4n) is 2.51. The van der Waals surface area contributed by atoms with Gasteiger partial charge >= 0.3 is 0 Å². The van der Waals surface area contributed by atoms with Crippen molar-refractivity contribution < 1.29 is 4.79 Å². The molecule has 1 aromatic heterocycles. The molecule has 1 aliphatic heterocycles. The van der Waals surface area contributed by atoms with E-state index in [1.807, 2.05) is 4.90 Å². The number of hydrogen-bond donors (Lipinski definition) is 1. The standard InChI is InChI=1S/C13H19N3O2/c1-2-5-10-6-3-4-9-16(10)13(18)11-7-8-12(17)15-14-11/h7-8,10H,2-6,9H2,1H3,(H,15,17). The van der Waals surface area contributed by atoms with Gasteiger partial charge in [-0.05, 0) is 31.7 Å². The lowest BCUT2D eigenvalue weighted by molar-refractivity contribution is 0.0593. The van der Waals surface area contributed by atoms with Crippen LogP contribution in [0.25, 0.3) is 0 Å². The molecule has 0 aliphatic carbocycles. The molecule has 1 aliphatic rings. The van der Waals surface area contributed by atoms with Crippen LogP contribution < -0.4 is 5.56 Å². The number of amides is 1. The van der Waals surface area contributed by atoms with E-state index in [1.54, 1.807) is 0 Å². The summed E-state index contributed by atoms with van der Waals surface area (Å²) in [6.07, 6.45) is 5.42. The zero-order chi connectivity index (χ0) is 13.0. The van der Waals surface area contributed by atoms with Gasteiger partial charge in [-0.3, -0.25) is 9.59 Å². The summed E-state index contributed by atoms with van der Waals surface area (Å²) in [6, 6.07) is 3.17. The molecule has 1 N–H and O–H groups in total. The Morgan fingerprint density at radius 1 is 1.50 bits per heavy atom. The van der Waals surface area contributed by atoms with Crippen LogP contribution in [0.15, 0.2) is 16.9 Å². The molecular formula is C13H19N3O2. The third-order valence-electron chi connectivity index (χ3n) is 3.41. The second-order valence-corrected chi connectivity index (χ2v) is 4.74. The van der Waals surface area contributed by atoms with Gasteiger partial charge in [-0.25, -0.2) is 5.10 Å². The van der Waals surface area contributed by atoms with Gasteiger partial charge in [-0.1, -0.05) is 13.3 Å². The first-order chi connectivity index (χ1) is 8.72. The van der Waals surface area contributed by atoms with Gasteiger partial charge in [-0.2, -0.15) is 5.10 Å². The van der Waals surface area contributed by atoms with Crippen molar-refractivity contribution in [1.29, 1.82) is 0 Å². The molecule has 1 aromatic rings. The van der Waals surface area contributed by atoms with Crippen LogP contribution in [0.1, 0.15) is 49.5 Å². The molecule has 1 saturated heterocycles. The Balaban J connectivity index is 2.15. The molecule has 1 amide bonds. The molecule has 0 spiro atoms. The third kappa shape index (κ3) is 2.78. The number of aromatic nitrogens is 2. The normalized spacial score (nSPS) is 19.8. The molecular weight excluding hydrogens is 230 g/mol. The van der Waals surface area contributed by atoms with E-state index >= 15 is 0 Å². The lowest BCUT2D eigenvalue weighted by Crippen LogP contribution is -2.44. The molecule has 1 atom stereocenters. The average Bonchev–Trinajstić information content (AvgIpc) is 2.40. The first kappa shape index (κ1) is 12.8. The van der Waals surface area contributed by atoms with E-state index in [4.69, 9.17) is 0 Å². The highest BCUT2D eigenvalue weighted by Gasteiger charge is 2.27. The number of nitrogens with zero attached hydrogens (tertiary/aromatic N) is 2. The minimum atomic E-state index is -0.282. The molecule has 5 nitrogen and oxygen atoms in total. The molecule has 0 radical (unpaired) electrons. The third-order valence-corrected chi connectivity index (χ3v) is 3.41. The SMILES string of the molecule is CCCC1CCCCN1C(=O)c1ccc(=O)[nH]n1. The maximum absolute atomic E-state index is 12.3. The van der Waals surface area contributed by atoms with E-state index in [0.29, 0.717) is 11.7 Å². The second-order valence-electron chi connectivity index (χ2n) is 4.74. The van der Waals surface area contributed by atoms with Crippen molar-refractivity contribution in [2.24, 2.45) is 0 Å². The van der Waals surface area contributed by atoms with E-state index in [9.17, 15) is 9.59 Å². The quantitative estimate of drug-likeness (QED) is 0.884. The smallest absolute Gasteiger partial charge is 0.274 e. The molecule has 2 rings (SSSR count). The number of piperidine rings is 1. The van der Waals surface area contributed by atoms with Gasteiger partial charge in [0.25, 0.3) is 11.5 Å². The number of likely N-dealkylation sites (tertiary alicyclic amines) is 1. The van der Waals surface area contributed by atoms with Gasteiger partial charge in [0.15, 0.2) is 0 Å². The highest BCUT2D eigenvalue weighted by molar-refractivity contribution is 5.92. The summed E-state index contributed by atoms with van der Waals surface area (Å²) in [6.45, 7) is 2.93. The summed E-state index contributed by atoms with van der Waals surface area (Å²) in [4.78, 5) is 25.2. The summed E-state index contributed by atoms with van der Waals surface area (Å²) < 4.78 is 0. The number of rotatable bonds is 3. The Kier molecular flexibility index (Phi) is 4.12. The average molecular weight is 249 g/mol. The van der Waals surface area contributed by atoms with E-state index in [-0.39, 0.29) is 11.5 Å². The fourth-order valence-corrected chi connectivity index (χ4v) is 2.51. The lowest BCUT2D eigenvalue weighted by atomic mass is 9.98. The molecule has 1 fully saturated rings. The molecule has 1 unspecified atom stereocenters. The van der Waals surface area contributed by atoms with Gasteiger partial charge in [0.05, 0.1) is 0 Å². The summed E-state index contributed by atoms with van der Waals surface area (Å²) >= 11 is 0. The number of carbonyl (C=O) groups is 1. The van der Waals surface area contributed by atoms with E-state index in [2.05, 4.69) is 17.1 Å². The van der Waals surface area contributed by atoms with Crippen molar-refractivity contribution in [3.05, 3.63) is 28.2 Å². The molecule has 0 aromatic carbocycles. The Bertz CT molecular complexity index is 447. The van der Waals surface area contributed by atoms with Crippen LogP contribution in [0.2, 0.25) is 0 Å². The van der Waals surface area contributed by atoms with Crippen LogP contribution in [0.3, 0.4) is 0 Å². The fraction of sp³-hybridized carbons (Fsp3) is 0.615. The number of nitrogens with one attached hydrogen (secondary N) is 1. The van der Waals surface area contributed by atoms with Gasteiger partial charge in [-0.15, -0.1) is 0 Å². The Hall–Kier alpha value is -1.65. The topological polar surface area (TPSA) is 66.1 Å². The van der Waals surface area contributed by atoms with Gasteiger partial charge in [0.2, 0.25) is 0 Å². The van der Waals surface area contributed by atoms with Crippen molar-refractivity contribution >= 4 is 5.91 Å². The van der Waals surface area contributed by atoms with Crippen molar-refractivity contribution in [3.63, 3.8) is 0 Å². The number of carbonyl (C=O) groups excluding carboxylic acids is 1. The first-order valence-electron chi connectivity index (χ1n) is 6.59. The van der Waals surface area contributed by atoms with Gasteiger partial charge in [0, 0.05) is 18.7 Å². The van der Waals surface area contributed by atoms with E-state index in [0.717, 1.165) is 32.2 Å². The highest BCUT2D eigenvalue weighted by Crippen LogP contribution is 2.22. The summed E-state index contributed by atoms with van der Waals surface area (Å²) in [5, 5.41) is 6.13. The van der Waals surface area contributed by atoms with Crippen LogP contribution >= 0.6 is 0 Å². The summed E-state index contributed by atoms with van der Waals surface area (Å²) in [7, 11) is 0. The van der Waals surface area contributed by atoms with E-state index < -0.39 is 0 Å². The van der Waals surface area contributed by atoms with Crippen molar-refractivity contribution in [2.45, 2.75) is 45.1 Å². The maximum atomic E-state index is 12.3. The maximum Gasteiger partial charge on any atom is 0.274 e. The Labute approximate surface area is 106 Å². The summed E-state index contributed by atoms with van der Waals surface area (Å²) in [5.74, 6) is -0.0654. The Morgan fingerprint density at radius 2 is 2.33 bits per heavy atom. The first-order valence-corrected chi connectivity index (χ1v) is 6.59. The molecule has 98 valence electrons. The van der Waals surface area contributed by atoms with Crippen LogP contribution in [0, 0.1) is 0 Å². The molecule has 2 heterocycles. The largest absolute Gasteiger partial charge is 0.334 e. The Morgan fingerprint density at radius 3 is 3.00 bits per heavy atom. The number of H-pyrrole nitrogens is 1. The zero-order valence-electron chi connectivity index (χ0n) is 10.7. The molecule has 5 heteroatoms. The zero-order valence-corrected chi connectivity index (χ0v) is 10.7. The van der Waals surface area contributed by atoms with E-state index in [1.165, 1.54) is 18.6 Å². The monoisotopic (exact) mass is 249 g/mol. The summed E-state index contributed by atoms with van der Waals surface area (Å²) in [5.41, 5.74) is 0.0490. The van der Waals surface area contributed by atoms with Crippen molar-refractivity contribution in [1.82, 2.24) is 15.1 Å². The van der Waals surface area contributed by atoms with Crippen LogP contribution in [0.4, 0.5) is 0 Å². The van der Waals surface area contributed by atoms with Crippen molar-refractivity contribution in [3.8, 4) is 0 Å². The number of aromatic amines is 1. The van der Waals surface area contributed by atoms with Crippen molar-refractivity contribution in [2.75, 3.05) is 6.54 Å². The van der Waals surface area contributed by atoms with Crippen LogP contribution in [0.5, 0.6) is 0 Å². The molecule has 0 bridgehead atoms. The number of hydrogen-bond acceptors (Lipinski definition) is 3. The van der Waals surface area contributed by atoms with Gasteiger partial charge < -0.3 is 4.90 Å². The molecule has 18 heavy (non-hydrogen) atoms. The lowest BCUT2D eigenvalue weighted by Gasteiger charge is -2.35. The van der Waals surface area contributed by atoms with Gasteiger partial charge in [0.1, 0.15) is 5.69 Å². The van der Waals surface area contributed by atoms with Crippen LogP contribution in [-0.2, 0) is 0 Å². The predicted octanol–water partition coefficient (Wildman–Crippen LogP) is 1.56. The van der Waals surface area contributed by atoms with Crippen LogP contribution in [-0.4, -0.2) is 33.6 Å². The predicted molar refractivity (Wildman–Crippen MR) is 68.4 cm³/mol. The highest BCUT2D eigenvalue weighted by atomic mass is 16.2. The minimum Gasteiger partial charge on any atom is -0.334 e. The minimum absolute atomic E-state index is 0.0654.